The first kappa shape index (κ1) is 29.7. The zero-order chi connectivity index (χ0) is 28.4. The highest BCUT2D eigenvalue weighted by Crippen LogP contribution is 2.36. The van der Waals surface area contributed by atoms with E-state index in [9.17, 15) is 13.6 Å². The Kier molecular flexibility index (Phi) is 10.9. The Morgan fingerprint density at radius 3 is 2.54 bits per heavy atom. The summed E-state index contributed by atoms with van der Waals surface area (Å²) in [7, 11) is 6.44. The SMILES string of the molecule is C=C(C#N)CNc1c(OC(F)F)ccc2ccc(-c3cccc(C=O)n3)cc12.CNC1CCC(N(C)C)CC1. The third-order valence-electron chi connectivity index (χ3n) is 6.86. The van der Waals surface area contributed by atoms with Gasteiger partial charge in [0.15, 0.2) is 6.29 Å². The number of alkyl halides is 2. The molecule has 7 nitrogen and oxygen atoms in total. The number of nitriles is 1. The first-order chi connectivity index (χ1) is 18.7. The molecule has 0 bridgehead atoms. The number of pyridine rings is 1. The molecular weight excluding hydrogens is 500 g/mol. The van der Waals surface area contributed by atoms with Crippen LogP contribution in [0.5, 0.6) is 5.75 Å². The lowest BCUT2D eigenvalue weighted by molar-refractivity contribution is -0.0492. The highest BCUT2D eigenvalue weighted by atomic mass is 19.3. The lowest BCUT2D eigenvalue weighted by Crippen LogP contribution is -2.37. The van der Waals surface area contributed by atoms with Crippen molar-refractivity contribution in [3.63, 3.8) is 0 Å². The fourth-order valence-electron chi connectivity index (χ4n) is 4.63. The topological polar surface area (TPSA) is 90.3 Å². The minimum atomic E-state index is -2.99. The number of halogens is 2. The van der Waals surface area contributed by atoms with Crippen LogP contribution in [0.2, 0.25) is 0 Å². The lowest BCUT2D eigenvalue weighted by atomic mass is 9.91. The third-order valence-corrected chi connectivity index (χ3v) is 6.86. The Hall–Kier alpha value is -3.87. The van der Waals surface area contributed by atoms with Crippen LogP contribution in [-0.4, -0.2) is 62.6 Å². The molecule has 0 radical (unpaired) electrons. The molecule has 0 spiro atoms. The molecule has 0 aliphatic heterocycles. The number of nitrogens with one attached hydrogen (secondary N) is 2. The van der Waals surface area contributed by atoms with Crippen molar-refractivity contribution >= 4 is 22.7 Å². The molecule has 3 aromatic rings. The number of carbonyl (C=O) groups excluding carboxylic acids is 1. The Labute approximate surface area is 228 Å². The lowest BCUT2D eigenvalue weighted by Gasteiger charge is -2.32. The highest BCUT2D eigenvalue weighted by molar-refractivity contribution is 5.99. The maximum Gasteiger partial charge on any atom is 0.387 e. The number of aldehydes is 1. The normalized spacial score (nSPS) is 16.8. The molecule has 1 fully saturated rings. The number of nitrogens with zero attached hydrogens (tertiary/aromatic N) is 3. The van der Waals surface area contributed by atoms with Gasteiger partial charge in [-0.25, -0.2) is 4.98 Å². The maximum atomic E-state index is 12.8. The number of rotatable bonds is 9. The van der Waals surface area contributed by atoms with Crippen LogP contribution in [0.15, 0.2) is 60.7 Å². The predicted molar refractivity (Wildman–Crippen MR) is 151 cm³/mol. The number of hydrogen-bond acceptors (Lipinski definition) is 7. The first-order valence-corrected chi connectivity index (χ1v) is 12.8. The van der Waals surface area contributed by atoms with E-state index < -0.39 is 6.61 Å². The molecule has 2 N–H and O–H groups in total. The van der Waals surface area contributed by atoms with Crippen LogP contribution in [0.4, 0.5) is 14.5 Å². The van der Waals surface area contributed by atoms with Crippen LogP contribution in [0.3, 0.4) is 0 Å². The number of aromatic nitrogens is 1. The summed E-state index contributed by atoms with van der Waals surface area (Å²) in [5, 5.41) is 16.6. The number of hydrogen-bond donors (Lipinski definition) is 2. The minimum Gasteiger partial charge on any atom is -0.433 e. The van der Waals surface area contributed by atoms with E-state index >= 15 is 0 Å². The molecule has 1 saturated carbocycles. The van der Waals surface area contributed by atoms with Gasteiger partial charge in [0, 0.05) is 35.2 Å². The number of fused-ring (bicyclic) bond motifs is 1. The van der Waals surface area contributed by atoms with Crippen molar-refractivity contribution in [2.75, 3.05) is 33.0 Å². The summed E-state index contributed by atoms with van der Waals surface area (Å²) < 4.78 is 30.3. The highest BCUT2D eigenvalue weighted by Gasteiger charge is 2.20. The van der Waals surface area contributed by atoms with E-state index in [0.717, 1.165) is 17.5 Å². The van der Waals surface area contributed by atoms with E-state index in [-0.39, 0.29) is 23.6 Å². The summed E-state index contributed by atoms with van der Waals surface area (Å²) in [4.78, 5) is 17.6. The Balaban J connectivity index is 0.000000320. The predicted octanol–water partition coefficient (Wildman–Crippen LogP) is 5.89. The van der Waals surface area contributed by atoms with E-state index in [4.69, 9.17) is 5.26 Å². The summed E-state index contributed by atoms with van der Waals surface area (Å²) in [6.45, 7) is 0.675. The number of carbonyl (C=O) groups is 1. The molecular formula is C30H35F2N5O2. The quantitative estimate of drug-likeness (QED) is 0.261. The van der Waals surface area contributed by atoms with Crippen LogP contribution in [0.1, 0.15) is 36.2 Å². The summed E-state index contributed by atoms with van der Waals surface area (Å²) in [5.74, 6) is -0.0417. The standard InChI is InChI=1S/C21H15F2N3O2.C9H20N2/c1-13(10-24)11-25-20-17-9-15(18-4-2-3-16(12-27)26-18)6-5-14(17)7-8-19(20)28-21(22)23;1-10-8-4-6-9(7-5-8)11(2)3/h2-9,12,21,25H,1,11H2;8-10H,4-7H2,1-3H3. The van der Waals surface area contributed by atoms with Crippen molar-refractivity contribution in [2.24, 2.45) is 0 Å². The van der Waals surface area contributed by atoms with Crippen LogP contribution >= 0.6 is 0 Å². The first-order valence-electron chi connectivity index (χ1n) is 12.8. The number of ether oxygens (including phenoxy) is 1. The molecule has 1 heterocycles. The van der Waals surface area contributed by atoms with E-state index in [2.05, 4.69) is 53.0 Å². The van der Waals surface area contributed by atoms with Crippen LogP contribution < -0.4 is 15.4 Å². The second-order valence-corrected chi connectivity index (χ2v) is 9.65. The monoisotopic (exact) mass is 535 g/mol. The molecule has 0 unspecified atom stereocenters. The van der Waals surface area contributed by atoms with Gasteiger partial charge in [0.25, 0.3) is 0 Å². The van der Waals surface area contributed by atoms with Gasteiger partial charge in [-0.15, -0.1) is 0 Å². The van der Waals surface area contributed by atoms with E-state index in [1.165, 1.54) is 31.7 Å². The van der Waals surface area contributed by atoms with Gasteiger partial charge in [-0.2, -0.15) is 14.0 Å². The molecule has 206 valence electrons. The van der Waals surface area contributed by atoms with Crippen molar-refractivity contribution in [1.29, 1.82) is 5.26 Å². The zero-order valence-electron chi connectivity index (χ0n) is 22.6. The molecule has 2 aromatic carbocycles. The minimum absolute atomic E-state index is 0.0417. The molecule has 0 amide bonds. The van der Waals surface area contributed by atoms with E-state index in [1.807, 2.05) is 18.2 Å². The van der Waals surface area contributed by atoms with Crippen molar-refractivity contribution in [3.05, 3.63) is 66.4 Å². The van der Waals surface area contributed by atoms with E-state index in [1.54, 1.807) is 30.3 Å². The molecule has 1 aromatic heterocycles. The van der Waals surface area contributed by atoms with Gasteiger partial charge in [0.1, 0.15) is 11.4 Å². The maximum absolute atomic E-state index is 12.8. The molecule has 0 atom stereocenters. The number of anilines is 1. The second-order valence-electron chi connectivity index (χ2n) is 9.65. The van der Waals surface area contributed by atoms with Crippen molar-refractivity contribution in [3.8, 4) is 23.1 Å². The molecule has 1 aliphatic carbocycles. The molecule has 9 heteroatoms. The largest absolute Gasteiger partial charge is 0.433 e. The summed E-state index contributed by atoms with van der Waals surface area (Å²) in [5.41, 5.74) is 2.13. The zero-order valence-corrected chi connectivity index (χ0v) is 22.6. The van der Waals surface area contributed by atoms with Crippen molar-refractivity contribution in [2.45, 2.75) is 44.4 Å². The van der Waals surface area contributed by atoms with Crippen LogP contribution in [0, 0.1) is 11.3 Å². The fourth-order valence-corrected chi connectivity index (χ4v) is 4.63. The van der Waals surface area contributed by atoms with Gasteiger partial charge in [-0.05, 0) is 76.5 Å². The average Bonchev–Trinajstić information content (AvgIpc) is 2.96. The number of benzene rings is 2. The summed E-state index contributed by atoms with van der Waals surface area (Å²) in [6.07, 6.45) is 6.06. The van der Waals surface area contributed by atoms with E-state index in [0.29, 0.717) is 28.6 Å². The summed E-state index contributed by atoms with van der Waals surface area (Å²) >= 11 is 0. The average molecular weight is 536 g/mol. The van der Waals surface area contributed by atoms with Crippen LogP contribution in [0.25, 0.3) is 22.0 Å². The van der Waals surface area contributed by atoms with Gasteiger partial charge in [-0.1, -0.05) is 30.8 Å². The smallest absolute Gasteiger partial charge is 0.387 e. The van der Waals surface area contributed by atoms with Gasteiger partial charge in [0.2, 0.25) is 0 Å². The van der Waals surface area contributed by atoms with Gasteiger partial charge in [-0.3, -0.25) is 4.79 Å². The Bertz CT molecular complexity index is 1310. The Morgan fingerprint density at radius 1 is 1.21 bits per heavy atom. The van der Waals surface area contributed by atoms with Crippen LogP contribution in [-0.2, 0) is 0 Å². The molecule has 1 aliphatic rings. The van der Waals surface area contributed by atoms with Gasteiger partial charge < -0.3 is 20.3 Å². The fraction of sp³-hybridized carbons (Fsp3) is 0.367. The van der Waals surface area contributed by atoms with Gasteiger partial charge in [0.05, 0.1) is 17.5 Å². The van der Waals surface area contributed by atoms with Gasteiger partial charge >= 0.3 is 6.61 Å². The molecule has 4 rings (SSSR count). The van der Waals surface area contributed by atoms with Crippen molar-refractivity contribution in [1.82, 2.24) is 15.2 Å². The second kappa shape index (κ2) is 14.3. The van der Waals surface area contributed by atoms with Crippen molar-refractivity contribution < 1.29 is 18.3 Å². The Morgan fingerprint density at radius 2 is 1.92 bits per heavy atom. The summed E-state index contributed by atoms with van der Waals surface area (Å²) in [6, 6.07) is 17.1. The molecule has 0 saturated heterocycles. The molecule has 39 heavy (non-hydrogen) atoms. The third kappa shape index (κ3) is 8.31.